The zero-order valence-corrected chi connectivity index (χ0v) is 12.3. The minimum absolute atomic E-state index is 0.195. The van der Waals surface area contributed by atoms with Gasteiger partial charge >= 0.3 is 0 Å². The molecule has 0 atom stereocenters. The monoisotopic (exact) mass is 272 g/mol. The van der Waals surface area contributed by atoms with E-state index in [1.807, 2.05) is 20.0 Å². The third kappa shape index (κ3) is 3.36. The summed E-state index contributed by atoms with van der Waals surface area (Å²) in [7, 11) is 2.01. The number of hydrogen-bond donors (Lipinski definition) is 1. The number of rotatable bonds is 5. The molecule has 0 heterocycles. The molecule has 2 rings (SSSR count). The Hall–Kier alpha value is -1.87. The van der Waals surface area contributed by atoms with Gasteiger partial charge in [0.1, 0.15) is 5.82 Å². The summed E-state index contributed by atoms with van der Waals surface area (Å²) in [6, 6.07) is 13.3. The van der Waals surface area contributed by atoms with Crippen LogP contribution in [0.5, 0.6) is 0 Å². The lowest BCUT2D eigenvalue weighted by atomic mass is 10.1. The molecule has 0 amide bonds. The number of halogens is 1. The highest BCUT2D eigenvalue weighted by Crippen LogP contribution is 2.27. The normalized spacial score (nSPS) is 10.6. The number of nitrogens with one attached hydrogen (secondary N) is 1. The van der Waals surface area contributed by atoms with Crippen LogP contribution in [0.25, 0.3) is 0 Å². The molecule has 3 heteroatoms. The summed E-state index contributed by atoms with van der Waals surface area (Å²) in [6.45, 7) is 5.64. The summed E-state index contributed by atoms with van der Waals surface area (Å²) in [5.41, 5.74) is 4.32. The Balaban J connectivity index is 2.32. The molecule has 106 valence electrons. The zero-order valence-electron chi connectivity index (χ0n) is 12.3. The van der Waals surface area contributed by atoms with Crippen molar-refractivity contribution in [2.45, 2.75) is 20.4 Å². The van der Waals surface area contributed by atoms with E-state index < -0.39 is 0 Å². The predicted octanol–water partition coefficient (Wildman–Crippen LogP) is 4.01. The molecule has 0 aromatic heterocycles. The second-order valence-corrected chi connectivity index (χ2v) is 4.95. The molecule has 1 N–H and O–H groups in total. The maximum Gasteiger partial charge on any atom is 0.123 e. The fourth-order valence-corrected chi connectivity index (χ4v) is 2.19. The fraction of sp³-hybridized carbons (Fsp3) is 0.294. The van der Waals surface area contributed by atoms with Crippen LogP contribution in [0.4, 0.5) is 15.8 Å². The lowest BCUT2D eigenvalue weighted by molar-refractivity contribution is 0.622. The topological polar surface area (TPSA) is 15.3 Å². The van der Waals surface area contributed by atoms with E-state index in [0.717, 1.165) is 23.5 Å². The van der Waals surface area contributed by atoms with Crippen LogP contribution in [0.3, 0.4) is 0 Å². The van der Waals surface area contributed by atoms with Gasteiger partial charge in [0.2, 0.25) is 0 Å². The van der Waals surface area contributed by atoms with Crippen LogP contribution >= 0.6 is 0 Å². The van der Waals surface area contributed by atoms with Crippen LogP contribution < -0.4 is 10.2 Å². The van der Waals surface area contributed by atoms with Crippen molar-refractivity contribution in [1.29, 1.82) is 0 Å². The van der Waals surface area contributed by atoms with E-state index in [2.05, 4.69) is 41.4 Å². The third-order valence-corrected chi connectivity index (χ3v) is 3.39. The molecule has 0 bridgehead atoms. The summed E-state index contributed by atoms with van der Waals surface area (Å²) in [5, 5.41) is 3.25. The molecule has 0 saturated heterocycles. The second-order valence-electron chi connectivity index (χ2n) is 4.95. The molecule has 0 fully saturated rings. The maximum atomic E-state index is 13.4. The van der Waals surface area contributed by atoms with Crippen molar-refractivity contribution in [1.82, 2.24) is 5.32 Å². The third-order valence-electron chi connectivity index (χ3n) is 3.39. The van der Waals surface area contributed by atoms with Gasteiger partial charge in [-0.05, 0) is 49.4 Å². The van der Waals surface area contributed by atoms with E-state index in [0.29, 0.717) is 6.54 Å². The average Bonchev–Trinajstić information content (AvgIpc) is 2.45. The molecule has 0 unspecified atom stereocenters. The summed E-state index contributed by atoms with van der Waals surface area (Å²) >= 11 is 0. The van der Waals surface area contributed by atoms with Crippen molar-refractivity contribution < 1.29 is 4.39 Å². The van der Waals surface area contributed by atoms with Gasteiger partial charge in [-0.1, -0.05) is 24.6 Å². The Morgan fingerprint density at radius 2 is 1.80 bits per heavy atom. The minimum atomic E-state index is -0.195. The van der Waals surface area contributed by atoms with Gasteiger partial charge in [-0.3, -0.25) is 0 Å². The van der Waals surface area contributed by atoms with Gasteiger partial charge in [-0.15, -0.1) is 0 Å². The number of benzene rings is 2. The van der Waals surface area contributed by atoms with Crippen LogP contribution in [-0.2, 0) is 6.54 Å². The van der Waals surface area contributed by atoms with Gasteiger partial charge in [0, 0.05) is 25.0 Å². The van der Waals surface area contributed by atoms with E-state index in [1.54, 1.807) is 6.07 Å². The molecule has 2 aromatic carbocycles. The SMILES string of the molecule is CCNCc1cc(F)ccc1N(C)c1ccc(C)cc1. The van der Waals surface area contributed by atoms with Gasteiger partial charge in [0.15, 0.2) is 0 Å². The lowest BCUT2D eigenvalue weighted by Gasteiger charge is -2.23. The quantitative estimate of drug-likeness (QED) is 0.884. The highest BCUT2D eigenvalue weighted by Gasteiger charge is 2.10. The Kier molecular flexibility index (Phi) is 4.74. The molecule has 0 saturated carbocycles. The molecule has 0 spiro atoms. The molecule has 0 aliphatic carbocycles. The molecule has 0 aliphatic heterocycles. The van der Waals surface area contributed by atoms with Crippen LogP contribution in [0.1, 0.15) is 18.1 Å². The number of hydrogen-bond acceptors (Lipinski definition) is 2. The van der Waals surface area contributed by atoms with Crippen molar-refractivity contribution in [3.05, 3.63) is 59.4 Å². The van der Waals surface area contributed by atoms with E-state index in [4.69, 9.17) is 0 Å². The van der Waals surface area contributed by atoms with Crippen LogP contribution in [-0.4, -0.2) is 13.6 Å². The van der Waals surface area contributed by atoms with Crippen molar-refractivity contribution in [2.75, 3.05) is 18.5 Å². The van der Waals surface area contributed by atoms with Gasteiger partial charge in [0.25, 0.3) is 0 Å². The maximum absolute atomic E-state index is 13.4. The molecular formula is C17H21FN2. The van der Waals surface area contributed by atoms with Gasteiger partial charge in [-0.2, -0.15) is 0 Å². The first kappa shape index (κ1) is 14.5. The Labute approximate surface area is 120 Å². The van der Waals surface area contributed by atoms with Gasteiger partial charge in [0.05, 0.1) is 0 Å². The molecule has 2 nitrogen and oxygen atoms in total. The number of aryl methyl sites for hydroxylation is 1. The zero-order chi connectivity index (χ0) is 14.5. The molecule has 20 heavy (non-hydrogen) atoms. The lowest BCUT2D eigenvalue weighted by Crippen LogP contribution is -2.17. The summed E-state index contributed by atoms with van der Waals surface area (Å²) in [4.78, 5) is 2.09. The van der Waals surface area contributed by atoms with Crippen molar-refractivity contribution >= 4 is 11.4 Å². The molecule has 2 aromatic rings. The highest BCUT2D eigenvalue weighted by atomic mass is 19.1. The second kappa shape index (κ2) is 6.53. The van der Waals surface area contributed by atoms with E-state index in [-0.39, 0.29) is 5.82 Å². The standard InChI is InChI=1S/C17H21FN2/c1-4-19-12-14-11-15(18)7-10-17(14)20(3)16-8-5-13(2)6-9-16/h5-11,19H,4,12H2,1-3H3. The molecular weight excluding hydrogens is 251 g/mol. The van der Waals surface area contributed by atoms with Crippen LogP contribution in [0.2, 0.25) is 0 Å². The first-order valence-corrected chi connectivity index (χ1v) is 6.91. The minimum Gasteiger partial charge on any atom is -0.344 e. The van der Waals surface area contributed by atoms with Crippen LogP contribution in [0, 0.1) is 12.7 Å². The first-order valence-electron chi connectivity index (χ1n) is 6.91. The van der Waals surface area contributed by atoms with Crippen molar-refractivity contribution in [3.8, 4) is 0 Å². The molecule has 0 radical (unpaired) electrons. The summed E-state index contributed by atoms with van der Waals surface area (Å²) in [5.74, 6) is -0.195. The van der Waals surface area contributed by atoms with Crippen molar-refractivity contribution in [3.63, 3.8) is 0 Å². The van der Waals surface area contributed by atoms with E-state index in [9.17, 15) is 4.39 Å². The molecule has 0 aliphatic rings. The summed E-state index contributed by atoms with van der Waals surface area (Å²) < 4.78 is 13.4. The van der Waals surface area contributed by atoms with E-state index >= 15 is 0 Å². The van der Waals surface area contributed by atoms with Gasteiger partial charge in [-0.25, -0.2) is 4.39 Å². The predicted molar refractivity (Wildman–Crippen MR) is 83.0 cm³/mol. The Morgan fingerprint density at radius 1 is 1.10 bits per heavy atom. The smallest absolute Gasteiger partial charge is 0.123 e. The Morgan fingerprint density at radius 3 is 2.45 bits per heavy atom. The number of anilines is 2. The van der Waals surface area contributed by atoms with Crippen LogP contribution in [0.15, 0.2) is 42.5 Å². The average molecular weight is 272 g/mol. The highest BCUT2D eigenvalue weighted by molar-refractivity contribution is 5.66. The van der Waals surface area contributed by atoms with Crippen molar-refractivity contribution in [2.24, 2.45) is 0 Å². The van der Waals surface area contributed by atoms with Gasteiger partial charge < -0.3 is 10.2 Å². The Bertz CT molecular complexity index is 564. The first-order chi connectivity index (χ1) is 9.61. The largest absolute Gasteiger partial charge is 0.344 e. The number of nitrogens with zero attached hydrogens (tertiary/aromatic N) is 1. The summed E-state index contributed by atoms with van der Waals surface area (Å²) in [6.07, 6.45) is 0. The fourth-order valence-electron chi connectivity index (χ4n) is 2.19. The van der Waals surface area contributed by atoms with E-state index in [1.165, 1.54) is 11.6 Å².